The lowest BCUT2D eigenvalue weighted by Crippen LogP contribution is -2.52. The zero-order valence-corrected chi connectivity index (χ0v) is 20.2. The summed E-state index contributed by atoms with van der Waals surface area (Å²) in [5.74, 6) is -0.574. The molecule has 1 aliphatic heterocycles. The molecule has 8 heteroatoms. The van der Waals surface area contributed by atoms with Crippen molar-refractivity contribution in [1.29, 1.82) is 0 Å². The molecule has 0 radical (unpaired) electrons. The third kappa shape index (κ3) is 5.15. The maximum absolute atomic E-state index is 13.8. The first-order valence-corrected chi connectivity index (χ1v) is 11.6. The van der Waals surface area contributed by atoms with Gasteiger partial charge in [-0.1, -0.05) is 72.3 Å². The van der Waals surface area contributed by atoms with E-state index < -0.39 is 29.4 Å². The minimum absolute atomic E-state index is 0.292. The van der Waals surface area contributed by atoms with Gasteiger partial charge in [0.05, 0.1) is 12.8 Å². The molecular formula is C27H26ClN3O4. The number of urea groups is 1. The molecule has 0 saturated carbocycles. The van der Waals surface area contributed by atoms with Crippen LogP contribution >= 0.6 is 11.6 Å². The van der Waals surface area contributed by atoms with Crippen molar-refractivity contribution in [2.24, 2.45) is 0 Å². The number of amides is 4. The van der Waals surface area contributed by atoms with Crippen LogP contribution in [0.5, 0.6) is 5.75 Å². The van der Waals surface area contributed by atoms with E-state index >= 15 is 0 Å². The number of hydrogen-bond donors (Lipinski definition) is 2. The lowest BCUT2D eigenvalue weighted by Gasteiger charge is -2.28. The highest BCUT2D eigenvalue weighted by Gasteiger charge is 2.53. The van der Waals surface area contributed by atoms with Gasteiger partial charge in [-0.25, -0.2) is 9.69 Å². The van der Waals surface area contributed by atoms with Gasteiger partial charge in [-0.3, -0.25) is 9.59 Å². The smallest absolute Gasteiger partial charge is 0.325 e. The molecule has 0 aliphatic carbocycles. The molecule has 0 unspecified atom stereocenters. The first-order chi connectivity index (χ1) is 16.8. The average molecular weight is 492 g/mol. The third-order valence-electron chi connectivity index (χ3n) is 6.08. The Morgan fingerprint density at radius 1 is 1.00 bits per heavy atom. The van der Waals surface area contributed by atoms with Gasteiger partial charge in [0, 0.05) is 17.9 Å². The van der Waals surface area contributed by atoms with Crippen molar-refractivity contribution >= 4 is 35.1 Å². The summed E-state index contributed by atoms with van der Waals surface area (Å²) >= 11 is 6.07. The van der Waals surface area contributed by atoms with Crippen LogP contribution in [0.4, 0.5) is 10.5 Å². The van der Waals surface area contributed by atoms with Gasteiger partial charge in [0.15, 0.2) is 0 Å². The number of benzene rings is 3. The fraction of sp³-hybridized carbons (Fsp3) is 0.222. The Kier molecular flexibility index (Phi) is 7.07. The van der Waals surface area contributed by atoms with Crippen molar-refractivity contribution in [1.82, 2.24) is 10.2 Å². The Hall–Kier alpha value is -3.84. The van der Waals surface area contributed by atoms with Gasteiger partial charge in [0.1, 0.15) is 17.3 Å². The fourth-order valence-electron chi connectivity index (χ4n) is 4.32. The van der Waals surface area contributed by atoms with E-state index in [0.717, 1.165) is 16.0 Å². The molecule has 7 nitrogen and oxygen atoms in total. The van der Waals surface area contributed by atoms with Crippen LogP contribution in [-0.4, -0.2) is 41.4 Å². The van der Waals surface area contributed by atoms with Crippen LogP contribution in [0.25, 0.3) is 0 Å². The monoisotopic (exact) mass is 491 g/mol. The number of methoxy groups -OCH3 is 1. The van der Waals surface area contributed by atoms with Crippen molar-refractivity contribution in [3.05, 3.63) is 95.0 Å². The largest absolute Gasteiger partial charge is 0.495 e. The highest BCUT2D eigenvalue weighted by Crippen LogP contribution is 2.31. The summed E-state index contributed by atoms with van der Waals surface area (Å²) < 4.78 is 5.28. The summed E-state index contributed by atoms with van der Waals surface area (Å²) in [5.41, 5.74) is 0.936. The molecular weight excluding hydrogens is 466 g/mol. The van der Waals surface area contributed by atoms with E-state index in [1.165, 1.54) is 14.0 Å². The molecule has 35 heavy (non-hydrogen) atoms. The Balaban J connectivity index is 1.62. The minimum atomic E-state index is -1.22. The first-order valence-electron chi connectivity index (χ1n) is 11.2. The van der Waals surface area contributed by atoms with Crippen LogP contribution in [0.2, 0.25) is 5.02 Å². The molecule has 1 saturated heterocycles. The van der Waals surface area contributed by atoms with Crippen molar-refractivity contribution in [3.63, 3.8) is 0 Å². The molecule has 0 aromatic heterocycles. The Morgan fingerprint density at radius 2 is 1.57 bits per heavy atom. The fourth-order valence-corrected chi connectivity index (χ4v) is 4.49. The average Bonchev–Trinajstić information content (AvgIpc) is 3.08. The molecule has 0 bridgehead atoms. The third-order valence-corrected chi connectivity index (χ3v) is 6.31. The van der Waals surface area contributed by atoms with Gasteiger partial charge in [0.25, 0.3) is 5.91 Å². The number of imide groups is 1. The van der Waals surface area contributed by atoms with Crippen LogP contribution in [0, 0.1) is 0 Å². The molecule has 180 valence electrons. The molecule has 1 aliphatic rings. The second-order valence-corrected chi connectivity index (χ2v) is 8.96. The SMILES string of the molecule is COc1ccc(Cl)cc1NC(=O)[C@H](C)N1C(=O)NC(Cc2ccccc2)(Cc2ccccc2)C1=O. The summed E-state index contributed by atoms with van der Waals surface area (Å²) in [5, 5.41) is 6.04. The number of rotatable bonds is 8. The number of anilines is 1. The maximum atomic E-state index is 13.8. The first kappa shape index (κ1) is 24.3. The number of nitrogens with zero attached hydrogens (tertiary/aromatic N) is 1. The highest BCUT2D eigenvalue weighted by molar-refractivity contribution is 6.31. The molecule has 3 aromatic rings. The van der Waals surface area contributed by atoms with Crippen LogP contribution < -0.4 is 15.4 Å². The number of hydrogen-bond acceptors (Lipinski definition) is 4. The molecule has 1 atom stereocenters. The van der Waals surface area contributed by atoms with E-state index in [1.807, 2.05) is 60.7 Å². The van der Waals surface area contributed by atoms with Gasteiger partial charge in [-0.2, -0.15) is 0 Å². The zero-order valence-electron chi connectivity index (χ0n) is 19.5. The van der Waals surface area contributed by atoms with Crippen LogP contribution in [0.3, 0.4) is 0 Å². The standard InChI is InChI=1S/C27H26ClN3O4/c1-18(24(32)29-22-15-21(28)13-14-23(22)35-2)31-25(33)27(30-26(31)34,16-19-9-5-3-6-10-19)17-20-11-7-4-8-12-20/h3-15,18H,16-17H2,1-2H3,(H,29,32)(H,30,34)/t18-/m0/s1. The summed E-state index contributed by atoms with van der Waals surface area (Å²) in [6.45, 7) is 1.52. The van der Waals surface area contributed by atoms with Gasteiger partial charge in [-0.05, 0) is 36.2 Å². The molecule has 0 spiro atoms. The van der Waals surface area contributed by atoms with Crippen molar-refractivity contribution in [2.75, 3.05) is 12.4 Å². The summed E-state index contributed by atoms with van der Waals surface area (Å²) in [6, 6.07) is 22.1. The normalized spacial score (nSPS) is 15.5. The molecule has 4 amide bonds. The Bertz CT molecular complexity index is 1190. The van der Waals surface area contributed by atoms with Crippen molar-refractivity contribution in [2.45, 2.75) is 31.3 Å². The molecule has 1 fully saturated rings. The topological polar surface area (TPSA) is 87.7 Å². The van der Waals surface area contributed by atoms with Crippen molar-refractivity contribution in [3.8, 4) is 5.75 Å². The molecule has 4 rings (SSSR count). The van der Waals surface area contributed by atoms with Gasteiger partial charge in [-0.15, -0.1) is 0 Å². The van der Waals surface area contributed by atoms with Crippen LogP contribution in [0.15, 0.2) is 78.9 Å². The lowest BCUT2D eigenvalue weighted by atomic mass is 9.84. The Labute approximate surface area is 209 Å². The molecule has 2 N–H and O–H groups in total. The number of carbonyl (C=O) groups excluding carboxylic acids is 3. The minimum Gasteiger partial charge on any atom is -0.495 e. The molecule has 3 aromatic carbocycles. The van der Waals surface area contributed by atoms with Crippen molar-refractivity contribution < 1.29 is 19.1 Å². The lowest BCUT2D eigenvalue weighted by molar-refractivity contribution is -0.136. The van der Waals surface area contributed by atoms with E-state index in [-0.39, 0.29) is 0 Å². The Morgan fingerprint density at radius 3 is 2.11 bits per heavy atom. The predicted octanol–water partition coefficient (Wildman–Crippen LogP) is 4.45. The number of nitrogens with one attached hydrogen (secondary N) is 2. The second-order valence-electron chi connectivity index (χ2n) is 8.52. The quantitative estimate of drug-likeness (QED) is 0.456. The summed E-state index contributed by atoms with van der Waals surface area (Å²) in [4.78, 5) is 41.1. The van der Waals surface area contributed by atoms with E-state index in [1.54, 1.807) is 18.2 Å². The predicted molar refractivity (Wildman–Crippen MR) is 134 cm³/mol. The van der Waals surface area contributed by atoms with Gasteiger partial charge in [0.2, 0.25) is 5.91 Å². The number of ether oxygens (including phenoxy) is 1. The van der Waals surface area contributed by atoms with E-state index in [2.05, 4.69) is 10.6 Å². The summed E-state index contributed by atoms with van der Waals surface area (Å²) in [7, 11) is 1.47. The summed E-state index contributed by atoms with van der Waals surface area (Å²) in [6.07, 6.45) is 0.584. The zero-order chi connectivity index (χ0) is 25.0. The number of halogens is 1. The van der Waals surface area contributed by atoms with Crippen LogP contribution in [-0.2, 0) is 22.4 Å². The van der Waals surface area contributed by atoms with Gasteiger partial charge >= 0.3 is 6.03 Å². The molecule has 1 heterocycles. The second kappa shape index (κ2) is 10.2. The van der Waals surface area contributed by atoms with Crippen LogP contribution in [0.1, 0.15) is 18.1 Å². The van der Waals surface area contributed by atoms with E-state index in [4.69, 9.17) is 16.3 Å². The number of carbonyl (C=O) groups is 3. The van der Waals surface area contributed by atoms with E-state index in [9.17, 15) is 14.4 Å². The maximum Gasteiger partial charge on any atom is 0.325 e. The van der Waals surface area contributed by atoms with E-state index in [0.29, 0.717) is 29.3 Å². The van der Waals surface area contributed by atoms with Gasteiger partial charge < -0.3 is 15.4 Å². The highest BCUT2D eigenvalue weighted by atomic mass is 35.5.